The molecule has 3 heteroatoms. The number of aromatic nitrogens is 1. The molecule has 2 heterocycles. The number of aliphatic imine (C=N–C) groups is 1. The molecule has 0 saturated carbocycles. The Labute approximate surface area is 73.5 Å². The third kappa shape index (κ3) is 1.33. The van der Waals surface area contributed by atoms with Gasteiger partial charge in [-0.2, -0.15) is 0 Å². The third-order valence-electron chi connectivity index (χ3n) is 1.65. The topological polar surface area (TPSA) is 25.2 Å². The summed E-state index contributed by atoms with van der Waals surface area (Å²) in [6.07, 6.45) is 5.80. The normalized spacial score (nSPS) is 14.6. The van der Waals surface area contributed by atoms with Crippen LogP contribution >= 0.6 is 15.9 Å². The fourth-order valence-electron chi connectivity index (χ4n) is 1.13. The number of hydrogen-bond donors (Lipinski definition) is 0. The van der Waals surface area contributed by atoms with Crippen molar-refractivity contribution < 1.29 is 0 Å². The van der Waals surface area contributed by atoms with Gasteiger partial charge in [0.05, 0.1) is 11.4 Å². The van der Waals surface area contributed by atoms with Gasteiger partial charge in [0.25, 0.3) is 0 Å². The second-order valence-electron chi connectivity index (χ2n) is 2.47. The van der Waals surface area contributed by atoms with Gasteiger partial charge in [-0.05, 0) is 34.8 Å². The van der Waals surface area contributed by atoms with Crippen LogP contribution in [-0.2, 0) is 6.42 Å². The summed E-state index contributed by atoms with van der Waals surface area (Å²) in [5.41, 5.74) is 2.11. The molecule has 1 aliphatic heterocycles. The smallest absolute Gasteiger partial charge is 0.0852 e. The standard InChI is InChI=1S/C8H7BrN2/c9-6-4-8-7(11-5-6)2-1-3-10-8/h3-5H,1-2H2. The van der Waals surface area contributed by atoms with Crippen LogP contribution in [0.15, 0.2) is 21.7 Å². The van der Waals surface area contributed by atoms with E-state index in [2.05, 4.69) is 25.9 Å². The Morgan fingerprint density at radius 3 is 3.27 bits per heavy atom. The number of aryl methyl sites for hydroxylation is 1. The molecule has 1 aromatic rings. The van der Waals surface area contributed by atoms with E-state index in [0.29, 0.717) is 0 Å². The highest BCUT2D eigenvalue weighted by atomic mass is 79.9. The first-order chi connectivity index (χ1) is 5.36. The van der Waals surface area contributed by atoms with Gasteiger partial charge in [-0.3, -0.25) is 9.98 Å². The minimum Gasteiger partial charge on any atom is -0.259 e. The molecule has 0 aromatic carbocycles. The van der Waals surface area contributed by atoms with Gasteiger partial charge < -0.3 is 0 Å². The molecular weight excluding hydrogens is 204 g/mol. The molecule has 0 aliphatic carbocycles. The molecule has 2 nitrogen and oxygen atoms in total. The van der Waals surface area contributed by atoms with Crippen molar-refractivity contribution in [1.29, 1.82) is 0 Å². The predicted octanol–water partition coefficient (Wildman–Crippen LogP) is 2.49. The van der Waals surface area contributed by atoms with Gasteiger partial charge in [0.2, 0.25) is 0 Å². The lowest BCUT2D eigenvalue weighted by molar-refractivity contribution is 0.957. The van der Waals surface area contributed by atoms with Crippen LogP contribution in [-0.4, -0.2) is 11.2 Å². The molecule has 0 bridgehead atoms. The minimum atomic E-state index is 0.996. The molecular formula is C8H7BrN2. The Balaban J connectivity index is 2.54. The summed E-state index contributed by atoms with van der Waals surface area (Å²) in [5, 5.41) is 0. The highest BCUT2D eigenvalue weighted by molar-refractivity contribution is 9.10. The van der Waals surface area contributed by atoms with Crippen molar-refractivity contribution in [3.8, 4) is 0 Å². The molecule has 0 saturated heterocycles. The predicted molar refractivity (Wildman–Crippen MR) is 48.4 cm³/mol. The van der Waals surface area contributed by atoms with Crippen LogP contribution in [0.2, 0.25) is 0 Å². The fourth-order valence-corrected chi connectivity index (χ4v) is 1.44. The quantitative estimate of drug-likeness (QED) is 0.647. The number of hydrogen-bond acceptors (Lipinski definition) is 2. The van der Waals surface area contributed by atoms with Gasteiger partial charge >= 0.3 is 0 Å². The second kappa shape index (κ2) is 2.74. The molecule has 56 valence electrons. The maximum Gasteiger partial charge on any atom is 0.0852 e. The Hall–Kier alpha value is -0.700. The van der Waals surface area contributed by atoms with Gasteiger partial charge in [-0.15, -0.1) is 0 Å². The summed E-state index contributed by atoms with van der Waals surface area (Å²) in [6.45, 7) is 0. The highest BCUT2D eigenvalue weighted by Gasteiger charge is 2.05. The van der Waals surface area contributed by atoms with E-state index in [-0.39, 0.29) is 0 Å². The van der Waals surface area contributed by atoms with Crippen molar-refractivity contribution in [3.05, 3.63) is 22.4 Å². The van der Waals surface area contributed by atoms with Crippen molar-refractivity contribution >= 4 is 27.8 Å². The van der Waals surface area contributed by atoms with Crippen LogP contribution in [0, 0.1) is 0 Å². The molecule has 0 radical (unpaired) electrons. The number of pyridine rings is 1. The van der Waals surface area contributed by atoms with E-state index in [4.69, 9.17) is 0 Å². The van der Waals surface area contributed by atoms with Crippen molar-refractivity contribution in [1.82, 2.24) is 4.98 Å². The van der Waals surface area contributed by atoms with Crippen LogP contribution in [0.3, 0.4) is 0 Å². The Kier molecular flexibility index (Phi) is 1.74. The summed E-state index contributed by atoms with van der Waals surface area (Å²) >= 11 is 3.35. The first-order valence-corrected chi connectivity index (χ1v) is 4.32. The minimum absolute atomic E-state index is 0.996. The highest BCUT2D eigenvalue weighted by Crippen LogP contribution is 2.24. The van der Waals surface area contributed by atoms with Gasteiger partial charge in [0, 0.05) is 16.9 Å². The van der Waals surface area contributed by atoms with Crippen LogP contribution < -0.4 is 0 Å². The van der Waals surface area contributed by atoms with Crippen LogP contribution in [0.1, 0.15) is 12.1 Å². The molecule has 11 heavy (non-hydrogen) atoms. The average Bonchev–Trinajstić information content (AvgIpc) is 2.04. The number of halogens is 1. The number of rotatable bonds is 0. The molecule has 0 N–H and O–H groups in total. The summed E-state index contributed by atoms with van der Waals surface area (Å²) in [5.74, 6) is 0. The Bertz CT molecular complexity index is 307. The average molecular weight is 211 g/mol. The largest absolute Gasteiger partial charge is 0.259 e. The maximum absolute atomic E-state index is 4.26. The monoisotopic (exact) mass is 210 g/mol. The lowest BCUT2D eigenvalue weighted by Gasteiger charge is -2.07. The zero-order valence-corrected chi connectivity index (χ0v) is 7.50. The second-order valence-corrected chi connectivity index (χ2v) is 3.39. The van der Waals surface area contributed by atoms with E-state index >= 15 is 0 Å². The molecule has 1 aromatic heterocycles. The molecule has 1 aliphatic rings. The molecule has 0 atom stereocenters. The van der Waals surface area contributed by atoms with Gasteiger partial charge in [-0.25, -0.2) is 0 Å². The fraction of sp³-hybridized carbons (Fsp3) is 0.250. The van der Waals surface area contributed by atoms with E-state index in [0.717, 1.165) is 28.7 Å². The van der Waals surface area contributed by atoms with Crippen molar-refractivity contribution in [2.45, 2.75) is 12.8 Å². The number of fused-ring (bicyclic) bond motifs is 1. The van der Waals surface area contributed by atoms with Gasteiger partial charge in [0.1, 0.15) is 0 Å². The molecule has 0 unspecified atom stereocenters. The lowest BCUT2D eigenvalue weighted by Crippen LogP contribution is -1.96. The lowest BCUT2D eigenvalue weighted by atomic mass is 10.1. The maximum atomic E-state index is 4.26. The zero-order valence-electron chi connectivity index (χ0n) is 5.92. The van der Waals surface area contributed by atoms with Gasteiger partial charge in [0.15, 0.2) is 0 Å². The molecule has 0 spiro atoms. The van der Waals surface area contributed by atoms with Crippen LogP contribution in [0.5, 0.6) is 0 Å². The first-order valence-electron chi connectivity index (χ1n) is 3.53. The van der Waals surface area contributed by atoms with Crippen molar-refractivity contribution in [2.75, 3.05) is 0 Å². The molecule has 0 fully saturated rings. The Morgan fingerprint density at radius 2 is 2.36 bits per heavy atom. The molecule has 2 rings (SSSR count). The summed E-state index contributed by atoms with van der Waals surface area (Å²) < 4.78 is 0.996. The molecule has 0 amide bonds. The summed E-state index contributed by atoms with van der Waals surface area (Å²) in [7, 11) is 0. The van der Waals surface area contributed by atoms with Crippen molar-refractivity contribution in [3.63, 3.8) is 0 Å². The number of nitrogens with zero attached hydrogens (tertiary/aromatic N) is 2. The van der Waals surface area contributed by atoms with E-state index in [1.54, 1.807) is 0 Å². The van der Waals surface area contributed by atoms with Gasteiger partial charge in [-0.1, -0.05) is 0 Å². The van der Waals surface area contributed by atoms with Crippen LogP contribution in [0.25, 0.3) is 0 Å². The summed E-state index contributed by atoms with van der Waals surface area (Å²) in [6, 6.07) is 2.00. The SMILES string of the molecule is Brc1cnc2c(c1)N=CCC2. The van der Waals surface area contributed by atoms with E-state index in [9.17, 15) is 0 Å². The van der Waals surface area contributed by atoms with E-state index in [1.807, 2.05) is 18.5 Å². The summed E-state index contributed by atoms with van der Waals surface area (Å²) in [4.78, 5) is 8.49. The van der Waals surface area contributed by atoms with E-state index < -0.39 is 0 Å². The Morgan fingerprint density at radius 1 is 1.45 bits per heavy atom. The zero-order chi connectivity index (χ0) is 7.68. The third-order valence-corrected chi connectivity index (χ3v) is 2.09. The first kappa shape index (κ1) is 6.98. The van der Waals surface area contributed by atoms with E-state index in [1.165, 1.54) is 0 Å². The van der Waals surface area contributed by atoms with Crippen molar-refractivity contribution in [2.24, 2.45) is 4.99 Å². The van der Waals surface area contributed by atoms with Crippen LogP contribution in [0.4, 0.5) is 5.69 Å².